The average molecular weight is 263 g/mol. The Morgan fingerprint density at radius 2 is 2.11 bits per heavy atom. The summed E-state index contributed by atoms with van der Waals surface area (Å²) in [7, 11) is 0. The van der Waals surface area contributed by atoms with E-state index in [0.717, 1.165) is 24.9 Å². The van der Waals surface area contributed by atoms with Gasteiger partial charge in [-0.2, -0.15) is 0 Å². The van der Waals surface area contributed by atoms with E-state index in [-0.39, 0.29) is 12.5 Å². The van der Waals surface area contributed by atoms with Crippen LogP contribution in [0, 0.1) is 0 Å². The number of ether oxygens (including phenoxy) is 1. The second-order valence-corrected chi connectivity index (χ2v) is 4.68. The molecule has 0 heterocycles. The van der Waals surface area contributed by atoms with Crippen LogP contribution < -0.4 is 5.32 Å². The lowest BCUT2D eigenvalue weighted by Gasteiger charge is -2.10. The van der Waals surface area contributed by atoms with E-state index in [2.05, 4.69) is 5.32 Å². The van der Waals surface area contributed by atoms with Gasteiger partial charge in [0.25, 0.3) is 0 Å². The second-order valence-electron chi connectivity index (χ2n) is 4.68. The normalized spacial score (nSPS) is 14.8. The predicted molar refractivity (Wildman–Crippen MR) is 70.1 cm³/mol. The SMILES string of the molecule is C[C@@H](OCC(=O)Nc1ccc2c(c1)CCC2)C(=O)O. The lowest BCUT2D eigenvalue weighted by molar-refractivity contribution is -0.150. The summed E-state index contributed by atoms with van der Waals surface area (Å²) in [6, 6.07) is 5.86. The summed E-state index contributed by atoms with van der Waals surface area (Å²) < 4.78 is 4.92. The highest BCUT2D eigenvalue weighted by Gasteiger charge is 2.14. The number of fused-ring (bicyclic) bond motifs is 1. The third kappa shape index (κ3) is 3.54. The van der Waals surface area contributed by atoms with Crippen LogP contribution in [-0.4, -0.2) is 29.7 Å². The number of amides is 1. The van der Waals surface area contributed by atoms with Gasteiger partial charge in [0.2, 0.25) is 5.91 Å². The van der Waals surface area contributed by atoms with Gasteiger partial charge in [0, 0.05) is 5.69 Å². The molecule has 2 N–H and O–H groups in total. The number of benzene rings is 1. The molecule has 0 spiro atoms. The van der Waals surface area contributed by atoms with Gasteiger partial charge in [-0.3, -0.25) is 4.79 Å². The molecule has 0 aliphatic heterocycles. The maximum absolute atomic E-state index is 11.6. The molecule has 1 aliphatic carbocycles. The summed E-state index contributed by atoms with van der Waals surface area (Å²) in [5, 5.41) is 11.3. The maximum atomic E-state index is 11.6. The van der Waals surface area contributed by atoms with Crippen molar-refractivity contribution in [3.63, 3.8) is 0 Å². The van der Waals surface area contributed by atoms with Gasteiger partial charge in [0.15, 0.2) is 6.10 Å². The Morgan fingerprint density at radius 3 is 2.84 bits per heavy atom. The Balaban J connectivity index is 1.87. The van der Waals surface area contributed by atoms with Gasteiger partial charge in [-0.15, -0.1) is 0 Å². The summed E-state index contributed by atoms with van der Waals surface area (Å²) in [4.78, 5) is 22.2. The highest BCUT2D eigenvalue weighted by atomic mass is 16.5. The first-order valence-corrected chi connectivity index (χ1v) is 6.32. The van der Waals surface area contributed by atoms with Crippen molar-refractivity contribution in [1.82, 2.24) is 0 Å². The molecule has 0 unspecified atom stereocenters. The fourth-order valence-electron chi connectivity index (χ4n) is 2.12. The van der Waals surface area contributed by atoms with Crippen LogP contribution in [0.1, 0.15) is 24.5 Å². The van der Waals surface area contributed by atoms with Gasteiger partial charge < -0.3 is 15.2 Å². The standard InChI is InChI=1S/C14H17NO4/c1-9(14(17)18)19-8-13(16)15-12-6-5-10-3-2-4-11(10)7-12/h5-7,9H,2-4,8H2,1H3,(H,15,16)(H,17,18)/t9-/m1/s1. The molecule has 0 bridgehead atoms. The fourth-order valence-corrected chi connectivity index (χ4v) is 2.12. The van der Waals surface area contributed by atoms with Crippen molar-refractivity contribution in [2.75, 3.05) is 11.9 Å². The Labute approximate surface area is 111 Å². The average Bonchev–Trinajstić information content (AvgIpc) is 2.83. The van der Waals surface area contributed by atoms with Crippen LogP contribution >= 0.6 is 0 Å². The van der Waals surface area contributed by atoms with Crippen molar-refractivity contribution in [1.29, 1.82) is 0 Å². The number of carboxylic acid groups (broad SMARTS) is 1. The van der Waals surface area contributed by atoms with Crippen LogP contribution in [-0.2, 0) is 27.2 Å². The molecule has 1 aliphatic rings. The zero-order valence-electron chi connectivity index (χ0n) is 10.8. The highest BCUT2D eigenvalue weighted by Crippen LogP contribution is 2.24. The molecule has 0 saturated heterocycles. The molecule has 102 valence electrons. The molecule has 1 amide bonds. The summed E-state index contributed by atoms with van der Waals surface area (Å²) >= 11 is 0. The lowest BCUT2D eigenvalue weighted by atomic mass is 10.1. The molecule has 0 saturated carbocycles. The predicted octanol–water partition coefficient (Wildman–Crippen LogP) is 1.60. The summed E-state index contributed by atoms with van der Waals surface area (Å²) in [5.41, 5.74) is 3.35. The van der Waals surface area contributed by atoms with E-state index in [9.17, 15) is 9.59 Å². The van der Waals surface area contributed by atoms with Crippen LogP contribution in [0.3, 0.4) is 0 Å². The van der Waals surface area contributed by atoms with Crippen LogP contribution in [0.2, 0.25) is 0 Å². The first-order valence-electron chi connectivity index (χ1n) is 6.32. The number of carboxylic acids is 1. The van der Waals surface area contributed by atoms with Crippen molar-refractivity contribution < 1.29 is 19.4 Å². The van der Waals surface area contributed by atoms with Gasteiger partial charge in [-0.1, -0.05) is 6.07 Å². The monoisotopic (exact) mass is 263 g/mol. The molecule has 0 radical (unpaired) electrons. The van der Waals surface area contributed by atoms with Crippen molar-refractivity contribution in [2.24, 2.45) is 0 Å². The van der Waals surface area contributed by atoms with E-state index in [4.69, 9.17) is 9.84 Å². The Bertz CT molecular complexity index is 498. The smallest absolute Gasteiger partial charge is 0.332 e. The zero-order chi connectivity index (χ0) is 13.8. The number of hydrogen-bond acceptors (Lipinski definition) is 3. The highest BCUT2D eigenvalue weighted by molar-refractivity contribution is 5.92. The number of aliphatic carboxylic acids is 1. The first kappa shape index (κ1) is 13.5. The zero-order valence-corrected chi connectivity index (χ0v) is 10.8. The van der Waals surface area contributed by atoms with E-state index in [1.807, 2.05) is 18.2 Å². The largest absolute Gasteiger partial charge is 0.479 e. The maximum Gasteiger partial charge on any atom is 0.332 e. The number of hydrogen-bond donors (Lipinski definition) is 2. The molecule has 5 heteroatoms. The van der Waals surface area contributed by atoms with Crippen molar-refractivity contribution in [3.05, 3.63) is 29.3 Å². The van der Waals surface area contributed by atoms with Gasteiger partial charge >= 0.3 is 5.97 Å². The van der Waals surface area contributed by atoms with Crippen LogP contribution in [0.15, 0.2) is 18.2 Å². The number of aryl methyl sites for hydroxylation is 2. The summed E-state index contributed by atoms with van der Waals surface area (Å²) in [6.45, 7) is 1.13. The van der Waals surface area contributed by atoms with E-state index >= 15 is 0 Å². The van der Waals surface area contributed by atoms with Gasteiger partial charge in [0.05, 0.1) is 0 Å². The van der Waals surface area contributed by atoms with Crippen molar-refractivity contribution in [3.8, 4) is 0 Å². The molecule has 2 rings (SSSR count). The second kappa shape index (κ2) is 5.84. The molecule has 19 heavy (non-hydrogen) atoms. The van der Waals surface area contributed by atoms with Gasteiger partial charge in [-0.05, 0) is 49.4 Å². The minimum absolute atomic E-state index is 0.259. The van der Waals surface area contributed by atoms with E-state index in [1.165, 1.54) is 18.1 Å². The van der Waals surface area contributed by atoms with Gasteiger partial charge in [-0.25, -0.2) is 4.79 Å². The summed E-state index contributed by atoms with van der Waals surface area (Å²) in [6.07, 6.45) is 2.33. The summed E-state index contributed by atoms with van der Waals surface area (Å²) in [5.74, 6) is -1.42. The van der Waals surface area contributed by atoms with Crippen LogP contribution in [0.5, 0.6) is 0 Å². The fraction of sp³-hybridized carbons (Fsp3) is 0.429. The number of rotatable bonds is 5. The molecular weight excluding hydrogens is 246 g/mol. The van der Waals surface area contributed by atoms with E-state index in [0.29, 0.717) is 0 Å². The third-order valence-electron chi connectivity index (χ3n) is 3.19. The molecule has 1 atom stereocenters. The minimum Gasteiger partial charge on any atom is -0.479 e. The lowest BCUT2D eigenvalue weighted by Crippen LogP contribution is -2.26. The van der Waals surface area contributed by atoms with Crippen molar-refractivity contribution >= 4 is 17.6 Å². The molecule has 0 aromatic heterocycles. The Morgan fingerprint density at radius 1 is 1.37 bits per heavy atom. The van der Waals surface area contributed by atoms with Crippen LogP contribution in [0.25, 0.3) is 0 Å². The molecular formula is C14H17NO4. The number of anilines is 1. The molecule has 0 fully saturated rings. The minimum atomic E-state index is -1.08. The van der Waals surface area contributed by atoms with E-state index < -0.39 is 12.1 Å². The Kier molecular flexibility index (Phi) is 4.16. The van der Waals surface area contributed by atoms with Crippen molar-refractivity contribution in [2.45, 2.75) is 32.3 Å². The van der Waals surface area contributed by atoms with E-state index in [1.54, 1.807) is 0 Å². The number of carbonyl (C=O) groups is 2. The van der Waals surface area contributed by atoms with Crippen LogP contribution in [0.4, 0.5) is 5.69 Å². The molecule has 1 aromatic rings. The number of nitrogens with one attached hydrogen (secondary N) is 1. The first-order chi connectivity index (χ1) is 9.06. The molecule has 5 nitrogen and oxygen atoms in total. The quantitative estimate of drug-likeness (QED) is 0.846. The topological polar surface area (TPSA) is 75.6 Å². The molecule has 1 aromatic carbocycles. The Hall–Kier alpha value is -1.88. The number of carbonyl (C=O) groups excluding carboxylic acids is 1. The van der Waals surface area contributed by atoms with Gasteiger partial charge in [0.1, 0.15) is 6.61 Å². The third-order valence-corrected chi connectivity index (χ3v) is 3.19.